The highest BCUT2D eigenvalue weighted by molar-refractivity contribution is 5.66. The van der Waals surface area contributed by atoms with Gasteiger partial charge in [0.05, 0.1) is 48.8 Å². The van der Waals surface area contributed by atoms with Crippen LogP contribution in [-0.4, -0.2) is 77.9 Å². The van der Waals surface area contributed by atoms with E-state index in [4.69, 9.17) is 28.8 Å². The summed E-state index contributed by atoms with van der Waals surface area (Å²) in [4.78, 5) is 10.8. The fourth-order valence-corrected chi connectivity index (χ4v) is 5.49. The molecule has 34 heavy (non-hydrogen) atoms. The first kappa shape index (κ1) is 27.6. The Bertz CT molecular complexity index is 734. The number of carboxylic acid groups (broad SMARTS) is 1. The van der Waals surface area contributed by atoms with Crippen LogP contribution in [-0.2, 0) is 28.5 Å². The quantitative estimate of drug-likeness (QED) is 0.285. The molecule has 0 aromatic rings. The summed E-state index contributed by atoms with van der Waals surface area (Å²) in [5.74, 6) is -1.42. The molecule has 0 bridgehead atoms. The van der Waals surface area contributed by atoms with Crippen LogP contribution in [0, 0.1) is 17.8 Å². The Morgan fingerprint density at radius 2 is 1.71 bits per heavy atom. The third-order valence-corrected chi connectivity index (χ3v) is 8.31. The van der Waals surface area contributed by atoms with E-state index in [0.29, 0.717) is 19.6 Å². The van der Waals surface area contributed by atoms with Crippen molar-refractivity contribution in [1.82, 2.24) is 0 Å². The van der Waals surface area contributed by atoms with Crippen molar-refractivity contribution >= 4 is 5.97 Å². The number of hydrogen-bond acceptors (Lipinski definition) is 7. The van der Waals surface area contributed by atoms with Crippen molar-refractivity contribution in [2.45, 2.75) is 109 Å². The summed E-state index contributed by atoms with van der Waals surface area (Å²) in [6.45, 7) is 13.3. The van der Waals surface area contributed by atoms with Gasteiger partial charge in [0, 0.05) is 31.3 Å². The van der Waals surface area contributed by atoms with Crippen molar-refractivity contribution in [3.8, 4) is 0 Å². The van der Waals surface area contributed by atoms with E-state index >= 15 is 0 Å². The minimum Gasteiger partial charge on any atom is -0.481 e. The number of carboxylic acids is 1. The van der Waals surface area contributed by atoms with E-state index in [1.54, 1.807) is 7.11 Å². The highest BCUT2D eigenvalue weighted by Gasteiger charge is 2.58. The van der Waals surface area contributed by atoms with Crippen molar-refractivity contribution in [3.05, 3.63) is 12.2 Å². The average molecular weight is 485 g/mol. The maximum absolute atomic E-state index is 10.8. The maximum Gasteiger partial charge on any atom is 0.303 e. The van der Waals surface area contributed by atoms with Crippen LogP contribution < -0.4 is 0 Å². The first-order chi connectivity index (χ1) is 15.8. The first-order valence-electron chi connectivity index (χ1n) is 12.6. The van der Waals surface area contributed by atoms with E-state index in [2.05, 4.69) is 20.8 Å². The van der Waals surface area contributed by atoms with Crippen LogP contribution in [0.15, 0.2) is 12.2 Å². The van der Waals surface area contributed by atoms with Crippen molar-refractivity contribution in [3.63, 3.8) is 0 Å². The Morgan fingerprint density at radius 1 is 1.06 bits per heavy atom. The number of rotatable bonds is 14. The van der Waals surface area contributed by atoms with Crippen LogP contribution in [0.3, 0.4) is 0 Å². The number of aliphatic carboxylic acids is 1. The molecule has 3 aliphatic rings. The van der Waals surface area contributed by atoms with E-state index in [-0.39, 0.29) is 53.7 Å². The van der Waals surface area contributed by atoms with Gasteiger partial charge in [-0.2, -0.15) is 0 Å². The van der Waals surface area contributed by atoms with Crippen LogP contribution in [0.1, 0.15) is 67.2 Å². The standard InChI is InChI=1S/C26H44O8/c1-16(22(30-7)18(3)26(6)31-14-15-32-26)8-9-19(27)17(2)23-25(5,34-23)12-10-20-24(4,33-20)13-11-21(28)29/h8-9,16-20,22-23,27H,10-15H2,1-7H3,(H,28,29)/b9-8-/t16-,17+,18-,19+,20-,22+,23-,24-,25-/m1/s1. The molecule has 3 saturated heterocycles. The van der Waals surface area contributed by atoms with Gasteiger partial charge in [-0.25, -0.2) is 0 Å². The van der Waals surface area contributed by atoms with E-state index in [9.17, 15) is 9.90 Å². The van der Waals surface area contributed by atoms with Gasteiger partial charge in [-0.05, 0) is 40.0 Å². The molecule has 0 aromatic heterocycles. The Labute approximate surface area is 203 Å². The SMILES string of the molecule is CO[C@@H]([C@H](C)/C=C\[C@H](O)[C@H](C)[C@H]1O[C@]1(C)CC[C@H]1O[C@]1(C)CCC(=O)O)[C@@H](C)C1(C)OCCO1. The molecule has 8 nitrogen and oxygen atoms in total. The summed E-state index contributed by atoms with van der Waals surface area (Å²) in [7, 11) is 1.70. The number of aliphatic hydroxyl groups is 1. The lowest BCUT2D eigenvalue weighted by Crippen LogP contribution is -2.44. The molecule has 0 radical (unpaired) electrons. The minimum atomic E-state index is -0.793. The molecule has 0 unspecified atom stereocenters. The third-order valence-electron chi connectivity index (χ3n) is 8.31. The van der Waals surface area contributed by atoms with Gasteiger partial charge in [-0.1, -0.05) is 32.9 Å². The molecule has 3 fully saturated rings. The van der Waals surface area contributed by atoms with E-state index in [1.807, 2.05) is 32.9 Å². The highest BCUT2D eigenvalue weighted by Crippen LogP contribution is 2.50. The number of aliphatic hydroxyl groups excluding tert-OH is 1. The Morgan fingerprint density at radius 3 is 2.29 bits per heavy atom. The summed E-state index contributed by atoms with van der Waals surface area (Å²) < 4.78 is 29.2. The zero-order valence-corrected chi connectivity index (χ0v) is 21.8. The second-order valence-corrected chi connectivity index (χ2v) is 11.0. The monoisotopic (exact) mass is 484 g/mol. The molecular weight excluding hydrogens is 440 g/mol. The van der Waals surface area contributed by atoms with E-state index in [0.717, 1.165) is 12.8 Å². The molecule has 0 aliphatic carbocycles. The molecule has 0 amide bonds. The number of methoxy groups -OCH3 is 1. The van der Waals surface area contributed by atoms with Gasteiger partial charge in [-0.15, -0.1) is 0 Å². The zero-order valence-electron chi connectivity index (χ0n) is 21.8. The lowest BCUT2D eigenvalue weighted by Gasteiger charge is -2.36. The molecule has 3 rings (SSSR count). The Hall–Kier alpha value is -1.03. The molecular formula is C26H44O8. The van der Waals surface area contributed by atoms with Crippen LogP contribution in [0.5, 0.6) is 0 Å². The van der Waals surface area contributed by atoms with E-state index < -0.39 is 17.9 Å². The Balaban J connectivity index is 1.46. The maximum atomic E-state index is 10.8. The predicted octanol–water partition coefficient (Wildman–Crippen LogP) is 3.55. The van der Waals surface area contributed by atoms with Gasteiger partial charge >= 0.3 is 5.97 Å². The first-order valence-corrected chi connectivity index (χ1v) is 12.6. The van der Waals surface area contributed by atoms with Crippen molar-refractivity contribution in [2.75, 3.05) is 20.3 Å². The predicted molar refractivity (Wildman–Crippen MR) is 126 cm³/mol. The molecule has 9 atom stereocenters. The van der Waals surface area contributed by atoms with Crippen LogP contribution in [0.25, 0.3) is 0 Å². The topological polar surface area (TPSA) is 110 Å². The summed E-state index contributed by atoms with van der Waals surface area (Å²) in [5, 5.41) is 19.7. The summed E-state index contributed by atoms with van der Waals surface area (Å²) in [6, 6.07) is 0. The molecule has 2 N–H and O–H groups in total. The zero-order chi connectivity index (χ0) is 25.3. The van der Waals surface area contributed by atoms with Gasteiger partial charge in [0.1, 0.15) is 0 Å². The third kappa shape index (κ3) is 6.20. The minimum absolute atomic E-state index is 0.0232. The molecule has 0 saturated carbocycles. The van der Waals surface area contributed by atoms with Crippen LogP contribution in [0.2, 0.25) is 0 Å². The van der Waals surface area contributed by atoms with E-state index in [1.165, 1.54) is 0 Å². The average Bonchev–Trinajstić information content (AvgIpc) is 3.59. The van der Waals surface area contributed by atoms with Gasteiger partial charge in [0.2, 0.25) is 0 Å². The van der Waals surface area contributed by atoms with Crippen LogP contribution in [0.4, 0.5) is 0 Å². The summed E-state index contributed by atoms with van der Waals surface area (Å²) >= 11 is 0. The largest absolute Gasteiger partial charge is 0.481 e. The van der Waals surface area contributed by atoms with Crippen molar-refractivity contribution < 1.29 is 38.7 Å². The molecule has 196 valence electrons. The van der Waals surface area contributed by atoms with Gasteiger partial charge in [0.15, 0.2) is 5.79 Å². The smallest absolute Gasteiger partial charge is 0.303 e. The summed E-state index contributed by atoms with van der Waals surface area (Å²) in [6.07, 6.45) is 5.48. The molecule has 3 heterocycles. The highest BCUT2D eigenvalue weighted by atomic mass is 16.7. The normalized spacial score (nSPS) is 36.7. The fraction of sp³-hybridized carbons (Fsp3) is 0.885. The lowest BCUT2D eigenvalue weighted by atomic mass is 9.85. The fourth-order valence-electron chi connectivity index (χ4n) is 5.49. The van der Waals surface area contributed by atoms with Gasteiger partial charge in [-0.3, -0.25) is 4.79 Å². The second-order valence-electron chi connectivity index (χ2n) is 11.0. The number of carbonyl (C=O) groups is 1. The Kier molecular flexibility index (Phi) is 8.53. The van der Waals surface area contributed by atoms with Crippen molar-refractivity contribution in [1.29, 1.82) is 0 Å². The molecule has 0 aromatic carbocycles. The number of epoxide rings is 2. The van der Waals surface area contributed by atoms with Gasteiger partial charge in [0.25, 0.3) is 0 Å². The molecule has 8 heteroatoms. The molecule has 0 spiro atoms. The lowest BCUT2D eigenvalue weighted by molar-refractivity contribution is -0.206. The van der Waals surface area contributed by atoms with Crippen LogP contribution >= 0.6 is 0 Å². The molecule has 3 aliphatic heterocycles. The number of ether oxygens (including phenoxy) is 5. The number of hydrogen-bond donors (Lipinski definition) is 2. The van der Waals surface area contributed by atoms with Crippen molar-refractivity contribution in [2.24, 2.45) is 17.8 Å². The second kappa shape index (κ2) is 10.5. The summed E-state index contributed by atoms with van der Waals surface area (Å²) in [5.41, 5.74) is -0.612. The van der Waals surface area contributed by atoms with Gasteiger partial charge < -0.3 is 33.9 Å².